The van der Waals surface area contributed by atoms with Gasteiger partial charge in [0.05, 0.1) is 0 Å². The predicted octanol–water partition coefficient (Wildman–Crippen LogP) is 20.2. The van der Waals surface area contributed by atoms with E-state index in [2.05, 4.69) is 146 Å². The zero-order valence-corrected chi connectivity index (χ0v) is 37.5. The highest BCUT2D eigenvalue weighted by Crippen LogP contribution is 2.17. The minimum Gasteiger partial charge on any atom is -0.0776 e. The third kappa shape index (κ3) is 34.8. The van der Waals surface area contributed by atoms with E-state index in [9.17, 15) is 0 Å². The number of benzene rings is 7. The van der Waals surface area contributed by atoms with Gasteiger partial charge in [0, 0.05) is 0 Å². The molecular weight excluding hydrogens is 673 g/mol. The van der Waals surface area contributed by atoms with Gasteiger partial charge in [0.15, 0.2) is 0 Å². The van der Waals surface area contributed by atoms with Crippen LogP contribution in [0.25, 0.3) is 32.7 Å². The SMILES string of the molecule is C.C.CC.CC.CC.CC.CC.CC.CC.CC.c1ccc(-c2ccccc2)cc1.c1ccc2ccccc2c1.c1ccc2ccccc2c1.c1ccccc1. The van der Waals surface area contributed by atoms with Crippen LogP contribution in [0.1, 0.15) is 126 Å². The molecule has 0 amide bonds. The van der Waals surface area contributed by atoms with Gasteiger partial charge in [-0.3, -0.25) is 0 Å². The second-order valence-corrected chi connectivity index (χ2v) is 8.58. The van der Waals surface area contributed by atoms with Gasteiger partial charge in [-0.05, 0) is 32.7 Å². The third-order valence-electron chi connectivity index (χ3n) is 5.86. The van der Waals surface area contributed by atoms with Gasteiger partial charge in [0.25, 0.3) is 0 Å². The highest BCUT2D eigenvalue weighted by Gasteiger charge is 1.92. The minimum absolute atomic E-state index is 0. The first-order valence-corrected chi connectivity index (χ1v) is 20.9. The summed E-state index contributed by atoms with van der Waals surface area (Å²) in [6.45, 7) is 32.0. The molecule has 0 spiro atoms. The van der Waals surface area contributed by atoms with E-state index < -0.39 is 0 Å². The van der Waals surface area contributed by atoms with Gasteiger partial charge in [-0.15, -0.1) is 0 Å². The monoisotopic (exact) mass is 761 g/mol. The first-order valence-electron chi connectivity index (χ1n) is 20.9. The zero-order valence-electron chi connectivity index (χ0n) is 37.5. The molecule has 0 heteroatoms. The molecule has 0 atom stereocenters. The quantitative estimate of drug-likeness (QED) is 0.156. The fraction of sp³-hybridized carbons (Fsp3) is 0.321. The highest BCUT2D eigenvalue weighted by molar-refractivity contribution is 5.82. The van der Waals surface area contributed by atoms with Crippen LogP contribution in [-0.2, 0) is 0 Å². The van der Waals surface area contributed by atoms with Crippen molar-refractivity contribution in [2.24, 2.45) is 0 Å². The summed E-state index contributed by atoms with van der Waals surface area (Å²) < 4.78 is 0. The molecule has 0 radical (unpaired) electrons. The van der Waals surface area contributed by atoms with E-state index in [0.717, 1.165) is 0 Å². The van der Waals surface area contributed by atoms with Gasteiger partial charge in [0.2, 0.25) is 0 Å². The highest BCUT2D eigenvalue weighted by atomic mass is 14.0. The standard InChI is InChI=1S/C12H10.2C10H8.C6H6.8C2H6.2CH4/c1-3-7-11(8-4-1)12-9-5-2-6-10-12;2*1-2-6-10-8-4-3-7-9(10)5-1;1-2-4-6-5-3-1;8*1-2;;/h1-10H;2*1-8H;1-6H;8*1-2H3;2*1H4. The molecule has 0 saturated heterocycles. The summed E-state index contributed by atoms with van der Waals surface area (Å²) in [6.07, 6.45) is 0. The Bertz CT molecular complexity index is 1320. The second kappa shape index (κ2) is 59.3. The van der Waals surface area contributed by atoms with E-state index >= 15 is 0 Å². The molecule has 7 aromatic rings. The Morgan fingerprint density at radius 3 is 0.411 bits per heavy atom. The molecule has 7 rings (SSSR count). The number of hydrogen-bond donors (Lipinski definition) is 0. The van der Waals surface area contributed by atoms with E-state index in [0.29, 0.717) is 0 Å². The lowest BCUT2D eigenvalue weighted by Crippen LogP contribution is -1.73. The van der Waals surface area contributed by atoms with Crippen LogP contribution in [-0.4, -0.2) is 0 Å². The summed E-state index contributed by atoms with van der Waals surface area (Å²) in [5.74, 6) is 0. The van der Waals surface area contributed by atoms with Crippen LogP contribution in [0.3, 0.4) is 0 Å². The van der Waals surface area contributed by atoms with Crippen LogP contribution in [0.15, 0.2) is 194 Å². The Morgan fingerprint density at radius 1 is 0.161 bits per heavy atom. The molecule has 312 valence electrons. The smallest absolute Gasteiger partial charge is 0.0184 e. The summed E-state index contributed by atoms with van der Waals surface area (Å²) in [5, 5.41) is 5.24. The summed E-state index contributed by atoms with van der Waals surface area (Å²) in [5.41, 5.74) is 2.55. The van der Waals surface area contributed by atoms with E-state index in [1.165, 1.54) is 32.7 Å². The van der Waals surface area contributed by atoms with E-state index in [1.54, 1.807) is 0 Å². The molecule has 0 aliphatic carbocycles. The van der Waals surface area contributed by atoms with Crippen molar-refractivity contribution in [1.82, 2.24) is 0 Å². The summed E-state index contributed by atoms with van der Waals surface area (Å²) in [4.78, 5) is 0. The first-order chi connectivity index (χ1) is 26.9. The maximum atomic E-state index is 2.12. The van der Waals surface area contributed by atoms with Crippen LogP contribution in [0.2, 0.25) is 0 Å². The number of fused-ring (bicyclic) bond motifs is 2. The van der Waals surface area contributed by atoms with Crippen LogP contribution in [0.4, 0.5) is 0 Å². The van der Waals surface area contributed by atoms with Crippen molar-refractivity contribution >= 4 is 21.5 Å². The molecule has 0 aliphatic rings. The molecule has 0 N–H and O–H groups in total. The molecule has 0 fully saturated rings. The van der Waals surface area contributed by atoms with Crippen molar-refractivity contribution in [3.63, 3.8) is 0 Å². The first kappa shape index (κ1) is 65.9. The van der Waals surface area contributed by atoms with Crippen LogP contribution in [0, 0.1) is 0 Å². The summed E-state index contributed by atoms with van der Waals surface area (Å²) in [6, 6.07) is 66.2. The molecule has 0 saturated carbocycles. The van der Waals surface area contributed by atoms with Crippen molar-refractivity contribution in [3.8, 4) is 11.1 Å². The summed E-state index contributed by atoms with van der Waals surface area (Å²) in [7, 11) is 0. The van der Waals surface area contributed by atoms with E-state index in [1.807, 2.05) is 159 Å². The Labute approximate surface area is 351 Å². The van der Waals surface area contributed by atoms with E-state index in [4.69, 9.17) is 0 Å². The molecule has 0 heterocycles. The largest absolute Gasteiger partial charge is 0.0776 e. The average molecular weight is 761 g/mol. The van der Waals surface area contributed by atoms with Crippen molar-refractivity contribution < 1.29 is 0 Å². The fourth-order valence-corrected chi connectivity index (χ4v) is 3.91. The normalized spacial score (nSPS) is 7.36. The second-order valence-electron chi connectivity index (χ2n) is 8.58. The Hall–Kier alpha value is -4.94. The van der Waals surface area contributed by atoms with Gasteiger partial charge in [-0.2, -0.15) is 0 Å². The van der Waals surface area contributed by atoms with E-state index in [-0.39, 0.29) is 14.9 Å². The van der Waals surface area contributed by atoms with Gasteiger partial charge >= 0.3 is 0 Å². The molecule has 0 unspecified atom stereocenters. The lowest BCUT2D eigenvalue weighted by atomic mass is 10.1. The Balaban J connectivity index is -0.000000102. The predicted molar refractivity (Wildman–Crippen MR) is 270 cm³/mol. The number of rotatable bonds is 1. The molecule has 7 aromatic carbocycles. The third-order valence-corrected chi connectivity index (χ3v) is 5.86. The molecule has 0 bridgehead atoms. The fourth-order valence-electron chi connectivity index (χ4n) is 3.91. The maximum Gasteiger partial charge on any atom is -0.0184 e. The van der Waals surface area contributed by atoms with Gasteiger partial charge in [0.1, 0.15) is 0 Å². The van der Waals surface area contributed by atoms with Crippen LogP contribution in [0.5, 0.6) is 0 Å². The van der Waals surface area contributed by atoms with Crippen LogP contribution < -0.4 is 0 Å². The van der Waals surface area contributed by atoms with Crippen LogP contribution >= 0.6 is 0 Å². The zero-order chi connectivity index (χ0) is 42.1. The maximum absolute atomic E-state index is 2.12. The minimum atomic E-state index is 0. The Morgan fingerprint density at radius 2 is 0.268 bits per heavy atom. The van der Waals surface area contributed by atoms with Crippen molar-refractivity contribution in [3.05, 3.63) is 194 Å². The molecule has 0 aliphatic heterocycles. The van der Waals surface area contributed by atoms with Gasteiger partial charge < -0.3 is 0 Å². The van der Waals surface area contributed by atoms with Crippen molar-refractivity contribution in [2.45, 2.75) is 126 Å². The molecule has 56 heavy (non-hydrogen) atoms. The average Bonchev–Trinajstić information content (AvgIpc) is 3.33. The number of hydrogen-bond acceptors (Lipinski definition) is 0. The molecule has 0 nitrogen and oxygen atoms in total. The lowest BCUT2D eigenvalue weighted by Gasteiger charge is -1.98. The molecule has 0 aromatic heterocycles. The molecular formula is C56H88. The summed E-state index contributed by atoms with van der Waals surface area (Å²) >= 11 is 0. The van der Waals surface area contributed by atoms with Crippen molar-refractivity contribution in [2.75, 3.05) is 0 Å². The van der Waals surface area contributed by atoms with Gasteiger partial charge in [-0.1, -0.05) is 320 Å². The van der Waals surface area contributed by atoms with Crippen molar-refractivity contribution in [1.29, 1.82) is 0 Å². The lowest BCUT2D eigenvalue weighted by molar-refractivity contribution is 1.50. The topological polar surface area (TPSA) is 0 Å². The van der Waals surface area contributed by atoms with Gasteiger partial charge in [-0.25, -0.2) is 0 Å². The Kier molecular flexibility index (Phi) is 69.8.